The van der Waals surface area contributed by atoms with Gasteiger partial charge in [0.25, 0.3) is 0 Å². The van der Waals surface area contributed by atoms with Crippen LogP contribution in [0.15, 0.2) is 229 Å². The second kappa shape index (κ2) is 14.4. The standard InChI is InChI=1S/C54H37NO/c1-4-13-38(14-5-1)40-23-29-46(30-24-40)55(48-20-12-19-43(35-48)39-15-6-2-7-16-39)47-31-25-41(26-32-47)44-27-33-49(51(36-44)42-17-8-3-9-18-42)45-28-34-54-52(37-45)50-21-10-11-22-53(50)56-54/h1-37H. The van der Waals surface area contributed by atoms with Gasteiger partial charge >= 0.3 is 0 Å². The van der Waals surface area contributed by atoms with Crippen LogP contribution in [0.1, 0.15) is 0 Å². The summed E-state index contributed by atoms with van der Waals surface area (Å²) in [6.45, 7) is 0. The molecule has 10 rings (SSSR count). The van der Waals surface area contributed by atoms with Crippen LogP contribution in [-0.2, 0) is 0 Å². The lowest BCUT2D eigenvalue weighted by molar-refractivity contribution is 0.669. The molecule has 0 atom stereocenters. The Kier molecular flexibility index (Phi) is 8.55. The van der Waals surface area contributed by atoms with Gasteiger partial charge in [0.05, 0.1) is 0 Å². The fourth-order valence-electron chi connectivity index (χ4n) is 7.86. The lowest BCUT2D eigenvalue weighted by Gasteiger charge is -2.26. The van der Waals surface area contributed by atoms with Gasteiger partial charge in [-0.05, 0) is 116 Å². The number of fused-ring (bicyclic) bond motifs is 3. The summed E-state index contributed by atoms with van der Waals surface area (Å²) < 4.78 is 6.16. The second-order valence-electron chi connectivity index (χ2n) is 14.1. The van der Waals surface area contributed by atoms with Crippen LogP contribution in [0.3, 0.4) is 0 Å². The number of furan rings is 1. The van der Waals surface area contributed by atoms with Gasteiger partial charge in [-0.3, -0.25) is 0 Å². The molecule has 0 aliphatic carbocycles. The van der Waals surface area contributed by atoms with E-state index in [4.69, 9.17) is 4.42 Å². The topological polar surface area (TPSA) is 16.4 Å². The average Bonchev–Trinajstić information content (AvgIpc) is 3.66. The molecule has 10 aromatic rings. The molecular weight excluding hydrogens is 679 g/mol. The summed E-state index contributed by atoms with van der Waals surface area (Å²) in [5, 5.41) is 2.26. The van der Waals surface area contributed by atoms with Gasteiger partial charge in [0.15, 0.2) is 0 Å². The summed E-state index contributed by atoms with van der Waals surface area (Å²) in [6, 6.07) is 80.1. The SMILES string of the molecule is c1ccc(-c2ccc(N(c3ccc(-c4ccc(-c5ccc6oc7ccccc7c6c5)c(-c5ccccc5)c4)cc3)c3cccc(-c4ccccc4)c3)cc2)cc1. The number of anilines is 3. The molecule has 0 N–H and O–H groups in total. The molecule has 0 saturated heterocycles. The average molecular weight is 716 g/mol. The molecule has 2 heteroatoms. The van der Waals surface area contributed by atoms with Gasteiger partial charge < -0.3 is 9.32 Å². The predicted octanol–water partition coefficient (Wildman–Crippen LogP) is 15.4. The fourth-order valence-corrected chi connectivity index (χ4v) is 7.86. The number of benzene rings is 9. The molecule has 0 bridgehead atoms. The monoisotopic (exact) mass is 715 g/mol. The first-order valence-corrected chi connectivity index (χ1v) is 19.1. The molecule has 56 heavy (non-hydrogen) atoms. The smallest absolute Gasteiger partial charge is 0.135 e. The molecule has 0 spiro atoms. The van der Waals surface area contributed by atoms with E-state index in [1.807, 2.05) is 12.1 Å². The van der Waals surface area contributed by atoms with E-state index in [0.717, 1.165) is 50.1 Å². The van der Waals surface area contributed by atoms with Crippen LogP contribution in [-0.4, -0.2) is 0 Å². The summed E-state index contributed by atoms with van der Waals surface area (Å²) in [4.78, 5) is 2.35. The first-order valence-electron chi connectivity index (χ1n) is 19.1. The van der Waals surface area contributed by atoms with Crippen molar-refractivity contribution in [1.29, 1.82) is 0 Å². The van der Waals surface area contributed by atoms with Crippen molar-refractivity contribution < 1.29 is 4.42 Å². The van der Waals surface area contributed by atoms with Crippen molar-refractivity contribution in [3.8, 4) is 55.6 Å². The highest BCUT2D eigenvalue weighted by Crippen LogP contribution is 2.41. The zero-order valence-electron chi connectivity index (χ0n) is 30.7. The lowest BCUT2D eigenvalue weighted by atomic mass is 9.90. The zero-order valence-corrected chi connectivity index (χ0v) is 30.7. The van der Waals surface area contributed by atoms with Gasteiger partial charge in [0.1, 0.15) is 11.2 Å². The highest BCUT2D eigenvalue weighted by atomic mass is 16.3. The molecule has 1 heterocycles. The van der Waals surface area contributed by atoms with Gasteiger partial charge in [-0.2, -0.15) is 0 Å². The normalized spacial score (nSPS) is 11.2. The van der Waals surface area contributed by atoms with Crippen LogP contribution in [0.4, 0.5) is 17.1 Å². The van der Waals surface area contributed by atoms with E-state index in [0.29, 0.717) is 0 Å². The Morgan fingerprint density at radius 2 is 0.732 bits per heavy atom. The van der Waals surface area contributed by atoms with E-state index < -0.39 is 0 Å². The maximum absolute atomic E-state index is 6.16. The minimum atomic E-state index is 0.904. The molecular formula is C54H37NO. The van der Waals surface area contributed by atoms with Crippen LogP contribution < -0.4 is 4.90 Å². The number of nitrogens with zero attached hydrogens (tertiary/aromatic N) is 1. The summed E-state index contributed by atoms with van der Waals surface area (Å²) in [5.41, 5.74) is 16.9. The van der Waals surface area contributed by atoms with Gasteiger partial charge in [0.2, 0.25) is 0 Å². The van der Waals surface area contributed by atoms with Crippen molar-refractivity contribution in [2.75, 3.05) is 4.90 Å². The van der Waals surface area contributed by atoms with E-state index in [1.54, 1.807) is 0 Å². The molecule has 2 nitrogen and oxygen atoms in total. The third-order valence-corrected chi connectivity index (χ3v) is 10.7. The molecule has 0 fully saturated rings. The van der Waals surface area contributed by atoms with E-state index in [1.165, 1.54) is 44.5 Å². The molecule has 0 saturated carbocycles. The van der Waals surface area contributed by atoms with Crippen LogP contribution in [0.25, 0.3) is 77.6 Å². The Balaban J connectivity index is 1.04. The Hall–Kier alpha value is -7.42. The Labute approximate surface area is 327 Å². The van der Waals surface area contributed by atoms with Crippen LogP contribution in [0, 0.1) is 0 Å². The van der Waals surface area contributed by atoms with Crippen LogP contribution >= 0.6 is 0 Å². The number of hydrogen-bond donors (Lipinski definition) is 0. The first-order chi connectivity index (χ1) is 27.7. The third kappa shape index (κ3) is 6.34. The zero-order chi connectivity index (χ0) is 37.3. The minimum absolute atomic E-state index is 0.904. The molecule has 9 aromatic carbocycles. The maximum Gasteiger partial charge on any atom is 0.135 e. The molecule has 0 aliphatic heterocycles. The second-order valence-corrected chi connectivity index (χ2v) is 14.1. The Morgan fingerprint density at radius 1 is 0.250 bits per heavy atom. The highest BCUT2D eigenvalue weighted by molar-refractivity contribution is 6.07. The van der Waals surface area contributed by atoms with Crippen molar-refractivity contribution in [2.24, 2.45) is 0 Å². The van der Waals surface area contributed by atoms with Crippen molar-refractivity contribution >= 4 is 39.0 Å². The van der Waals surface area contributed by atoms with Crippen molar-refractivity contribution in [2.45, 2.75) is 0 Å². The van der Waals surface area contributed by atoms with Crippen molar-refractivity contribution in [3.63, 3.8) is 0 Å². The molecule has 264 valence electrons. The molecule has 0 amide bonds. The minimum Gasteiger partial charge on any atom is -0.456 e. The predicted molar refractivity (Wildman–Crippen MR) is 236 cm³/mol. The Bertz CT molecular complexity index is 2930. The fraction of sp³-hybridized carbons (Fsp3) is 0. The summed E-state index contributed by atoms with van der Waals surface area (Å²) >= 11 is 0. The number of para-hydroxylation sites is 1. The van der Waals surface area contributed by atoms with Gasteiger partial charge in [-0.15, -0.1) is 0 Å². The van der Waals surface area contributed by atoms with Gasteiger partial charge in [0, 0.05) is 27.8 Å². The molecule has 1 aromatic heterocycles. The van der Waals surface area contributed by atoms with Gasteiger partial charge in [-0.1, -0.05) is 164 Å². The molecule has 0 unspecified atom stereocenters. The number of rotatable bonds is 8. The van der Waals surface area contributed by atoms with Crippen molar-refractivity contribution in [3.05, 3.63) is 224 Å². The largest absolute Gasteiger partial charge is 0.456 e. The Morgan fingerprint density at radius 3 is 1.41 bits per heavy atom. The van der Waals surface area contributed by atoms with Crippen LogP contribution in [0.5, 0.6) is 0 Å². The van der Waals surface area contributed by atoms with Crippen molar-refractivity contribution in [1.82, 2.24) is 0 Å². The molecule has 0 radical (unpaired) electrons. The third-order valence-electron chi connectivity index (χ3n) is 10.7. The first kappa shape index (κ1) is 33.2. The number of hydrogen-bond acceptors (Lipinski definition) is 2. The summed E-state index contributed by atoms with van der Waals surface area (Å²) in [6.07, 6.45) is 0. The highest BCUT2D eigenvalue weighted by Gasteiger charge is 2.16. The lowest BCUT2D eigenvalue weighted by Crippen LogP contribution is -2.10. The molecule has 0 aliphatic rings. The van der Waals surface area contributed by atoms with E-state index >= 15 is 0 Å². The summed E-state index contributed by atoms with van der Waals surface area (Å²) in [5.74, 6) is 0. The maximum atomic E-state index is 6.16. The van der Waals surface area contributed by atoms with Crippen LogP contribution in [0.2, 0.25) is 0 Å². The quantitative estimate of drug-likeness (QED) is 0.156. The van der Waals surface area contributed by atoms with E-state index in [2.05, 4.69) is 217 Å². The summed E-state index contributed by atoms with van der Waals surface area (Å²) in [7, 11) is 0. The van der Waals surface area contributed by atoms with Gasteiger partial charge in [-0.25, -0.2) is 0 Å². The van der Waals surface area contributed by atoms with E-state index in [9.17, 15) is 0 Å². The van der Waals surface area contributed by atoms with E-state index in [-0.39, 0.29) is 0 Å².